The fourth-order valence-corrected chi connectivity index (χ4v) is 0.904. The summed E-state index contributed by atoms with van der Waals surface area (Å²) in [5, 5.41) is 2.98. The summed E-state index contributed by atoms with van der Waals surface area (Å²) in [5.41, 5.74) is 5.40. The van der Waals surface area contributed by atoms with Crippen molar-refractivity contribution in [3.63, 3.8) is 0 Å². The quantitative estimate of drug-likeness (QED) is 0.787. The zero-order chi connectivity index (χ0) is 11.6. The molecule has 1 aromatic rings. The number of nitrogens with one attached hydrogen (secondary N) is 1. The van der Waals surface area contributed by atoms with Crippen LogP contribution in [0.1, 0.15) is 27.7 Å². The molecule has 0 saturated carbocycles. The van der Waals surface area contributed by atoms with E-state index in [-0.39, 0.29) is 23.2 Å². The molecule has 0 amide bonds. The van der Waals surface area contributed by atoms with Crippen molar-refractivity contribution >= 4 is 11.8 Å². The van der Waals surface area contributed by atoms with Crippen molar-refractivity contribution in [2.24, 2.45) is 5.41 Å². The fourth-order valence-electron chi connectivity index (χ4n) is 0.904. The summed E-state index contributed by atoms with van der Waals surface area (Å²) < 4.78 is 13.3. The van der Waals surface area contributed by atoms with E-state index >= 15 is 0 Å². The number of hydrogen-bond donors (Lipinski definition) is 2. The minimum absolute atomic E-state index is 0.0200. The first-order valence-corrected chi connectivity index (χ1v) is 4.85. The van der Waals surface area contributed by atoms with Gasteiger partial charge in [-0.15, -0.1) is 0 Å². The van der Waals surface area contributed by atoms with E-state index in [1.807, 2.05) is 6.92 Å². The van der Waals surface area contributed by atoms with Gasteiger partial charge in [0.05, 0.1) is 6.20 Å². The third-order valence-corrected chi connectivity index (χ3v) is 2.42. The van der Waals surface area contributed by atoms with Crippen molar-refractivity contribution in [2.75, 3.05) is 11.1 Å². The largest absolute Gasteiger partial charge is 0.368 e. The van der Waals surface area contributed by atoms with Crippen molar-refractivity contribution in [3.05, 3.63) is 12.0 Å². The van der Waals surface area contributed by atoms with Gasteiger partial charge in [0, 0.05) is 6.04 Å². The van der Waals surface area contributed by atoms with E-state index in [4.69, 9.17) is 5.73 Å². The zero-order valence-corrected chi connectivity index (χ0v) is 9.50. The molecule has 15 heavy (non-hydrogen) atoms. The smallest absolute Gasteiger partial charge is 0.222 e. The van der Waals surface area contributed by atoms with E-state index in [0.29, 0.717) is 0 Å². The molecule has 1 heterocycles. The minimum Gasteiger partial charge on any atom is -0.368 e. The van der Waals surface area contributed by atoms with Gasteiger partial charge in [0.2, 0.25) is 5.95 Å². The lowest BCUT2D eigenvalue weighted by Gasteiger charge is -2.28. The number of aromatic nitrogens is 2. The molecule has 5 heteroatoms. The Kier molecular flexibility index (Phi) is 3.12. The van der Waals surface area contributed by atoms with Crippen LogP contribution < -0.4 is 11.1 Å². The summed E-state index contributed by atoms with van der Waals surface area (Å²) in [4.78, 5) is 7.37. The summed E-state index contributed by atoms with van der Waals surface area (Å²) in [7, 11) is 0. The van der Waals surface area contributed by atoms with Gasteiger partial charge < -0.3 is 11.1 Å². The van der Waals surface area contributed by atoms with Crippen molar-refractivity contribution in [2.45, 2.75) is 33.7 Å². The SMILES string of the molecule is CC(Nc1nc(N)ncc1F)C(C)(C)C. The van der Waals surface area contributed by atoms with Crippen molar-refractivity contribution < 1.29 is 4.39 Å². The maximum atomic E-state index is 13.3. The Morgan fingerprint density at radius 3 is 2.60 bits per heavy atom. The number of halogens is 1. The van der Waals surface area contributed by atoms with Crippen LogP contribution in [0.5, 0.6) is 0 Å². The number of nitrogens with zero attached hydrogens (tertiary/aromatic N) is 2. The molecular formula is C10H17FN4. The van der Waals surface area contributed by atoms with Crippen LogP contribution in [-0.4, -0.2) is 16.0 Å². The fraction of sp³-hybridized carbons (Fsp3) is 0.600. The van der Waals surface area contributed by atoms with Gasteiger partial charge >= 0.3 is 0 Å². The summed E-state index contributed by atoms with van der Waals surface area (Å²) >= 11 is 0. The van der Waals surface area contributed by atoms with Crippen LogP contribution in [0.25, 0.3) is 0 Å². The monoisotopic (exact) mass is 212 g/mol. The highest BCUT2D eigenvalue weighted by Crippen LogP contribution is 2.23. The molecular weight excluding hydrogens is 195 g/mol. The molecule has 1 rings (SSSR count). The molecule has 0 aliphatic carbocycles. The van der Waals surface area contributed by atoms with Crippen LogP contribution in [0, 0.1) is 11.2 Å². The maximum absolute atomic E-state index is 13.3. The lowest BCUT2D eigenvalue weighted by atomic mass is 9.88. The molecule has 0 saturated heterocycles. The van der Waals surface area contributed by atoms with Crippen molar-refractivity contribution in [1.82, 2.24) is 9.97 Å². The summed E-state index contributed by atoms with van der Waals surface area (Å²) in [6.45, 7) is 8.16. The molecule has 0 aliphatic rings. The topological polar surface area (TPSA) is 63.8 Å². The molecule has 1 unspecified atom stereocenters. The summed E-state index contributed by atoms with van der Waals surface area (Å²) in [6, 6.07) is 0.0845. The summed E-state index contributed by atoms with van der Waals surface area (Å²) in [6.07, 6.45) is 1.07. The molecule has 0 spiro atoms. The van der Waals surface area contributed by atoms with Crippen LogP contribution in [0.15, 0.2) is 6.20 Å². The third kappa shape index (κ3) is 3.04. The Morgan fingerprint density at radius 2 is 2.07 bits per heavy atom. The lowest BCUT2D eigenvalue weighted by Crippen LogP contribution is -2.31. The summed E-state index contributed by atoms with van der Waals surface area (Å²) in [5.74, 6) is -0.259. The van der Waals surface area contributed by atoms with E-state index in [0.717, 1.165) is 6.20 Å². The Hall–Kier alpha value is -1.39. The first kappa shape index (κ1) is 11.7. The molecule has 84 valence electrons. The van der Waals surface area contributed by atoms with Gasteiger partial charge in [-0.3, -0.25) is 0 Å². The molecule has 0 aromatic carbocycles. The normalized spacial score (nSPS) is 13.7. The van der Waals surface area contributed by atoms with Gasteiger partial charge in [0.25, 0.3) is 0 Å². The second kappa shape index (κ2) is 4.00. The predicted molar refractivity (Wildman–Crippen MR) is 58.9 cm³/mol. The van der Waals surface area contributed by atoms with Crippen molar-refractivity contribution in [1.29, 1.82) is 0 Å². The molecule has 0 fully saturated rings. The highest BCUT2D eigenvalue weighted by atomic mass is 19.1. The van der Waals surface area contributed by atoms with Gasteiger partial charge in [-0.05, 0) is 12.3 Å². The molecule has 0 aliphatic heterocycles. The zero-order valence-electron chi connectivity index (χ0n) is 9.50. The Morgan fingerprint density at radius 1 is 1.47 bits per heavy atom. The minimum atomic E-state index is -0.486. The molecule has 0 bridgehead atoms. The second-order valence-corrected chi connectivity index (χ2v) is 4.66. The van der Waals surface area contributed by atoms with E-state index in [1.165, 1.54) is 0 Å². The highest BCUT2D eigenvalue weighted by Gasteiger charge is 2.21. The average molecular weight is 212 g/mol. The predicted octanol–water partition coefficient (Wildman–Crippen LogP) is 2.04. The molecule has 1 aromatic heterocycles. The van der Waals surface area contributed by atoms with Gasteiger partial charge in [0.15, 0.2) is 11.6 Å². The van der Waals surface area contributed by atoms with Crippen LogP contribution in [0.2, 0.25) is 0 Å². The second-order valence-electron chi connectivity index (χ2n) is 4.66. The van der Waals surface area contributed by atoms with E-state index in [1.54, 1.807) is 0 Å². The van der Waals surface area contributed by atoms with Crippen molar-refractivity contribution in [3.8, 4) is 0 Å². The third-order valence-electron chi connectivity index (χ3n) is 2.42. The number of nitrogens with two attached hydrogens (primary N) is 1. The first-order chi connectivity index (χ1) is 6.80. The van der Waals surface area contributed by atoms with Crippen LogP contribution in [0.3, 0.4) is 0 Å². The maximum Gasteiger partial charge on any atom is 0.222 e. The Labute approximate surface area is 89.1 Å². The number of hydrogen-bond acceptors (Lipinski definition) is 4. The first-order valence-electron chi connectivity index (χ1n) is 4.85. The van der Waals surface area contributed by atoms with E-state index < -0.39 is 5.82 Å². The van der Waals surface area contributed by atoms with Gasteiger partial charge in [-0.1, -0.05) is 20.8 Å². The molecule has 0 radical (unpaired) electrons. The molecule has 4 nitrogen and oxygen atoms in total. The van der Waals surface area contributed by atoms with Crippen LogP contribution in [0.4, 0.5) is 16.2 Å². The lowest BCUT2D eigenvalue weighted by molar-refractivity contribution is 0.357. The van der Waals surface area contributed by atoms with Gasteiger partial charge in [0.1, 0.15) is 0 Å². The number of rotatable bonds is 2. The highest BCUT2D eigenvalue weighted by molar-refractivity contribution is 5.40. The van der Waals surface area contributed by atoms with Gasteiger partial charge in [-0.2, -0.15) is 4.98 Å². The average Bonchev–Trinajstić information content (AvgIpc) is 2.09. The van der Waals surface area contributed by atoms with Gasteiger partial charge in [-0.25, -0.2) is 9.37 Å². The molecule has 3 N–H and O–H groups in total. The standard InChI is InChI=1S/C10H17FN4/c1-6(10(2,3)4)14-8-7(11)5-13-9(12)15-8/h5-6H,1-4H3,(H3,12,13,14,15). The van der Waals surface area contributed by atoms with Crippen LogP contribution in [-0.2, 0) is 0 Å². The Bertz CT molecular complexity index is 346. The molecule has 1 atom stereocenters. The van der Waals surface area contributed by atoms with Crippen LogP contribution >= 0.6 is 0 Å². The van der Waals surface area contributed by atoms with E-state index in [2.05, 4.69) is 36.1 Å². The number of anilines is 2. The Balaban J connectivity index is 2.85. The number of nitrogen functional groups attached to an aromatic ring is 1. The van der Waals surface area contributed by atoms with E-state index in [9.17, 15) is 4.39 Å².